The van der Waals surface area contributed by atoms with E-state index in [1.165, 1.54) is 23.6 Å². The summed E-state index contributed by atoms with van der Waals surface area (Å²) in [6.07, 6.45) is 0.693. The van der Waals surface area contributed by atoms with E-state index in [-0.39, 0.29) is 19.0 Å². The molecule has 0 aromatic rings. The highest BCUT2D eigenvalue weighted by Gasteiger charge is 2.39. The Kier molecular flexibility index (Phi) is 4.97. The predicted molar refractivity (Wildman–Crippen MR) is 73.3 cm³/mol. The number of nitrogens with zero attached hydrogens (tertiary/aromatic N) is 3. The SMILES string of the molecule is CCN(C(=O)N1CCCN(C)C(=O)C1)C(C)(C)C(=O)O. The first-order chi connectivity index (χ1) is 9.21. The molecule has 114 valence electrons. The van der Waals surface area contributed by atoms with Crippen molar-refractivity contribution in [2.24, 2.45) is 0 Å². The Morgan fingerprint density at radius 2 is 1.95 bits per heavy atom. The molecule has 0 aromatic carbocycles. The van der Waals surface area contributed by atoms with E-state index in [2.05, 4.69) is 0 Å². The Morgan fingerprint density at radius 3 is 2.45 bits per heavy atom. The molecule has 1 rings (SSSR count). The van der Waals surface area contributed by atoms with Crippen LogP contribution in [-0.2, 0) is 9.59 Å². The van der Waals surface area contributed by atoms with Crippen LogP contribution in [0.25, 0.3) is 0 Å². The molecule has 0 radical (unpaired) electrons. The van der Waals surface area contributed by atoms with Crippen LogP contribution in [0.4, 0.5) is 4.79 Å². The fourth-order valence-electron chi connectivity index (χ4n) is 2.21. The summed E-state index contributed by atoms with van der Waals surface area (Å²) >= 11 is 0. The van der Waals surface area contributed by atoms with Gasteiger partial charge in [0.15, 0.2) is 0 Å². The summed E-state index contributed by atoms with van der Waals surface area (Å²) in [5.41, 5.74) is -1.30. The Labute approximate surface area is 119 Å². The minimum absolute atomic E-state index is 0.00152. The molecule has 1 fully saturated rings. The van der Waals surface area contributed by atoms with Crippen LogP contribution in [-0.4, -0.2) is 76.5 Å². The van der Waals surface area contributed by atoms with Gasteiger partial charge in [-0.3, -0.25) is 4.79 Å². The second kappa shape index (κ2) is 6.11. The number of urea groups is 1. The molecule has 0 spiro atoms. The molecule has 0 aliphatic carbocycles. The van der Waals surface area contributed by atoms with E-state index in [0.29, 0.717) is 19.5 Å². The molecule has 1 aliphatic heterocycles. The van der Waals surface area contributed by atoms with Gasteiger partial charge in [-0.2, -0.15) is 0 Å². The maximum absolute atomic E-state index is 12.5. The summed E-state index contributed by atoms with van der Waals surface area (Å²) in [7, 11) is 1.70. The molecule has 0 bridgehead atoms. The molecule has 1 N–H and O–H groups in total. The summed E-state index contributed by atoms with van der Waals surface area (Å²) in [6.45, 7) is 6.05. The number of amides is 3. The lowest BCUT2D eigenvalue weighted by Crippen LogP contribution is -2.57. The van der Waals surface area contributed by atoms with Crippen molar-refractivity contribution in [2.45, 2.75) is 32.7 Å². The fourth-order valence-corrected chi connectivity index (χ4v) is 2.21. The van der Waals surface area contributed by atoms with E-state index < -0.39 is 17.5 Å². The van der Waals surface area contributed by atoms with Crippen LogP contribution in [0, 0.1) is 0 Å². The molecule has 0 atom stereocenters. The molecule has 0 aromatic heterocycles. The Bertz CT molecular complexity index is 408. The molecule has 20 heavy (non-hydrogen) atoms. The zero-order valence-corrected chi connectivity index (χ0v) is 12.5. The highest BCUT2D eigenvalue weighted by atomic mass is 16.4. The maximum Gasteiger partial charge on any atom is 0.329 e. The largest absolute Gasteiger partial charge is 0.480 e. The molecule has 3 amide bonds. The number of carboxylic acids is 1. The van der Waals surface area contributed by atoms with Gasteiger partial charge in [0.1, 0.15) is 12.1 Å². The minimum Gasteiger partial charge on any atom is -0.480 e. The van der Waals surface area contributed by atoms with Crippen LogP contribution < -0.4 is 0 Å². The number of carbonyl (C=O) groups is 3. The normalized spacial score (nSPS) is 16.9. The first-order valence-corrected chi connectivity index (χ1v) is 6.75. The van der Waals surface area contributed by atoms with Gasteiger partial charge in [0, 0.05) is 26.7 Å². The number of likely N-dealkylation sites (N-methyl/N-ethyl adjacent to an activating group) is 2. The molecule has 0 saturated carbocycles. The van der Waals surface area contributed by atoms with Crippen LogP contribution in [0.3, 0.4) is 0 Å². The highest BCUT2D eigenvalue weighted by Crippen LogP contribution is 2.18. The van der Waals surface area contributed by atoms with E-state index >= 15 is 0 Å². The van der Waals surface area contributed by atoms with Crippen molar-refractivity contribution in [2.75, 3.05) is 33.2 Å². The molecule has 7 nitrogen and oxygen atoms in total. The van der Waals surface area contributed by atoms with Crippen molar-refractivity contribution < 1.29 is 19.5 Å². The summed E-state index contributed by atoms with van der Waals surface area (Å²) in [4.78, 5) is 39.9. The van der Waals surface area contributed by atoms with Crippen LogP contribution in [0.1, 0.15) is 27.2 Å². The van der Waals surface area contributed by atoms with Gasteiger partial charge in [-0.05, 0) is 27.2 Å². The third-order valence-corrected chi connectivity index (χ3v) is 3.69. The van der Waals surface area contributed by atoms with Gasteiger partial charge in [-0.25, -0.2) is 9.59 Å². The van der Waals surface area contributed by atoms with Crippen LogP contribution in [0.2, 0.25) is 0 Å². The van der Waals surface area contributed by atoms with Crippen LogP contribution >= 0.6 is 0 Å². The monoisotopic (exact) mass is 285 g/mol. The topological polar surface area (TPSA) is 81.2 Å². The number of hydrogen-bond donors (Lipinski definition) is 1. The van der Waals surface area contributed by atoms with Gasteiger partial charge in [0.2, 0.25) is 5.91 Å². The van der Waals surface area contributed by atoms with Crippen molar-refractivity contribution in [1.82, 2.24) is 14.7 Å². The third-order valence-electron chi connectivity index (χ3n) is 3.69. The third kappa shape index (κ3) is 3.20. The van der Waals surface area contributed by atoms with Gasteiger partial charge in [0.25, 0.3) is 0 Å². The Hall–Kier alpha value is -1.79. The lowest BCUT2D eigenvalue weighted by Gasteiger charge is -2.37. The zero-order chi connectivity index (χ0) is 15.5. The summed E-state index contributed by atoms with van der Waals surface area (Å²) in [5.74, 6) is -1.19. The molecule has 1 saturated heterocycles. The number of rotatable bonds is 3. The lowest BCUT2D eigenvalue weighted by molar-refractivity contribution is -0.147. The molecule has 0 unspecified atom stereocenters. The number of hydrogen-bond acceptors (Lipinski definition) is 3. The van der Waals surface area contributed by atoms with E-state index in [1.54, 1.807) is 18.9 Å². The fraction of sp³-hybridized carbons (Fsp3) is 0.769. The molecule has 7 heteroatoms. The Morgan fingerprint density at radius 1 is 1.35 bits per heavy atom. The van der Waals surface area contributed by atoms with Gasteiger partial charge in [0.05, 0.1) is 0 Å². The Balaban J connectivity index is 2.91. The highest BCUT2D eigenvalue weighted by molar-refractivity contribution is 5.88. The summed E-state index contributed by atoms with van der Waals surface area (Å²) in [5, 5.41) is 9.25. The van der Waals surface area contributed by atoms with Crippen molar-refractivity contribution in [1.29, 1.82) is 0 Å². The average Bonchev–Trinajstić information content (AvgIpc) is 2.52. The van der Waals surface area contributed by atoms with Crippen molar-refractivity contribution in [3.05, 3.63) is 0 Å². The standard InChI is InChI=1S/C13H23N3O4/c1-5-16(13(2,3)11(18)19)12(20)15-8-6-7-14(4)10(17)9-15/h5-9H2,1-4H3,(H,18,19). The summed E-state index contributed by atoms with van der Waals surface area (Å²) in [6, 6.07) is -0.399. The maximum atomic E-state index is 12.5. The minimum atomic E-state index is -1.30. The van der Waals surface area contributed by atoms with E-state index in [1.807, 2.05) is 0 Å². The van der Waals surface area contributed by atoms with Crippen molar-refractivity contribution >= 4 is 17.9 Å². The first-order valence-electron chi connectivity index (χ1n) is 6.75. The molecule has 1 aliphatic rings. The van der Waals surface area contributed by atoms with Gasteiger partial charge >= 0.3 is 12.0 Å². The van der Waals surface area contributed by atoms with Gasteiger partial charge in [-0.1, -0.05) is 0 Å². The van der Waals surface area contributed by atoms with E-state index in [9.17, 15) is 19.5 Å². The number of aliphatic carboxylic acids is 1. The smallest absolute Gasteiger partial charge is 0.329 e. The first kappa shape index (κ1) is 16.3. The zero-order valence-electron chi connectivity index (χ0n) is 12.5. The molecular weight excluding hydrogens is 262 g/mol. The van der Waals surface area contributed by atoms with Crippen LogP contribution in [0.15, 0.2) is 0 Å². The van der Waals surface area contributed by atoms with E-state index in [0.717, 1.165) is 0 Å². The molecule has 1 heterocycles. The van der Waals surface area contributed by atoms with Gasteiger partial charge < -0.3 is 19.8 Å². The summed E-state index contributed by atoms with van der Waals surface area (Å²) < 4.78 is 0. The second-order valence-electron chi connectivity index (χ2n) is 5.48. The van der Waals surface area contributed by atoms with Crippen molar-refractivity contribution in [3.63, 3.8) is 0 Å². The molecular formula is C13H23N3O4. The van der Waals surface area contributed by atoms with Crippen LogP contribution in [0.5, 0.6) is 0 Å². The number of carboxylic acid groups (broad SMARTS) is 1. The quantitative estimate of drug-likeness (QED) is 0.816. The van der Waals surface area contributed by atoms with E-state index in [4.69, 9.17) is 0 Å². The predicted octanol–water partition coefficient (Wildman–Crippen LogP) is 0.456. The average molecular weight is 285 g/mol. The van der Waals surface area contributed by atoms with Crippen molar-refractivity contribution in [3.8, 4) is 0 Å². The number of carbonyl (C=O) groups excluding carboxylic acids is 2. The van der Waals surface area contributed by atoms with Gasteiger partial charge in [-0.15, -0.1) is 0 Å². The lowest BCUT2D eigenvalue weighted by atomic mass is 10.0. The second-order valence-corrected chi connectivity index (χ2v) is 5.48.